The summed E-state index contributed by atoms with van der Waals surface area (Å²) in [5, 5.41) is 0.665. The highest BCUT2D eigenvalue weighted by Crippen LogP contribution is 2.36. The Morgan fingerprint density at radius 3 is 2.86 bits per heavy atom. The third kappa shape index (κ3) is 2.76. The van der Waals surface area contributed by atoms with Crippen LogP contribution in [-0.4, -0.2) is 6.61 Å². The zero-order valence-electron chi connectivity index (χ0n) is 11.8. The van der Waals surface area contributed by atoms with Crippen molar-refractivity contribution in [3.05, 3.63) is 63.9 Å². The largest absolute Gasteiger partial charge is 0.493 e. The Hall–Kier alpha value is -1.58. The molecular weight excluding hydrogens is 289 g/mol. The fraction of sp³-hybridized carbons (Fsp3) is 0.294. The van der Waals surface area contributed by atoms with Crippen molar-refractivity contribution in [1.82, 2.24) is 0 Å². The molecule has 2 aromatic rings. The van der Waals surface area contributed by atoms with Crippen LogP contribution in [0.4, 0.5) is 4.39 Å². The second kappa shape index (κ2) is 5.32. The molecule has 110 valence electrons. The van der Waals surface area contributed by atoms with Crippen LogP contribution >= 0.6 is 11.6 Å². The van der Waals surface area contributed by atoms with E-state index >= 15 is 0 Å². The lowest BCUT2D eigenvalue weighted by molar-refractivity contribution is 0.348. The molecule has 21 heavy (non-hydrogen) atoms. The Kier molecular flexibility index (Phi) is 3.64. The monoisotopic (exact) mass is 305 g/mol. The van der Waals surface area contributed by atoms with Crippen molar-refractivity contribution in [2.24, 2.45) is 5.73 Å². The summed E-state index contributed by atoms with van der Waals surface area (Å²) >= 11 is 6.16. The predicted molar refractivity (Wildman–Crippen MR) is 82.3 cm³/mol. The van der Waals surface area contributed by atoms with Gasteiger partial charge in [-0.2, -0.15) is 0 Å². The number of benzene rings is 2. The van der Waals surface area contributed by atoms with Crippen LogP contribution in [-0.2, 0) is 18.4 Å². The van der Waals surface area contributed by atoms with E-state index in [1.807, 2.05) is 19.1 Å². The first-order chi connectivity index (χ1) is 9.97. The van der Waals surface area contributed by atoms with Gasteiger partial charge in [-0.25, -0.2) is 4.39 Å². The maximum Gasteiger partial charge on any atom is 0.128 e. The quantitative estimate of drug-likeness (QED) is 0.935. The van der Waals surface area contributed by atoms with Gasteiger partial charge in [0.25, 0.3) is 0 Å². The Balaban J connectivity index is 1.99. The smallest absolute Gasteiger partial charge is 0.128 e. The molecule has 0 aliphatic carbocycles. The van der Waals surface area contributed by atoms with Crippen molar-refractivity contribution in [1.29, 1.82) is 0 Å². The summed E-state index contributed by atoms with van der Waals surface area (Å²) < 4.78 is 19.7. The van der Waals surface area contributed by atoms with E-state index in [9.17, 15) is 4.39 Å². The Morgan fingerprint density at radius 2 is 2.10 bits per heavy atom. The molecule has 0 fully saturated rings. The summed E-state index contributed by atoms with van der Waals surface area (Å²) in [6.45, 7) is 2.48. The zero-order chi connectivity index (χ0) is 15.0. The second-order valence-electron chi connectivity index (χ2n) is 5.73. The maximum atomic E-state index is 14.0. The van der Waals surface area contributed by atoms with Crippen LogP contribution in [0.25, 0.3) is 0 Å². The molecule has 0 radical (unpaired) electrons. The highest BCUT2D eigenvalue weighted by atomic mass is 35.5. The molecule has 1 heterocycles. The average Bonchev–Trinajstić information content (AvgIpc) is 2.86. The van der Waals surface area contributed by atoms with Crippen molar-refractivity contribution in [2.45, 2.75) is 25.3 Å². The molecule has 1 unspecified atom stereocenters. The summed E-state index contributed by atoms with van der Waals surface area (Å²) in [6.07, 6.45) is 1.32. The van der Waals surface area contributed by atoms with Crippen LogP contribution in [0.15, 0.2) is 36.4 Å². The van der Waals surface area contributed by atoms with Crippen molar-refractivity contribution in [3.63, 3.8) is 0 Å². The van der Waals surface area contributed by atoms with Gasteiger partial charge in [-0.15, -0.1) is 0 Å². The van der Waals surface area contributed by atoms with Gasteiger partial charge in [0.2, 0.25) is 0 Å². The molecule has 0 bridgehead atoms. The number of hydrogen-bond donors (Lipinski definition) is 1. The highest BCUT2D eigenvalue weighted by Gasteiger charge is 2.28. The minimum Gasteiger partial charge on any atom is -0.493 e. The molecule has 0 amide bonds. The summed E-state index contributed by atoms with van der Waals surface area (Å²) in [5.41, 5.74) is 8.08. The number of ether oxygens (including phenoxy) is 1. The number of rotatable bonds is 3. The molecular formula is C17H17ClFNO. The number of halogens is 2. The van der Waals surface area contributed by atoms with Crippen LogP contribution in [0, 0.1) is 5.82 Å². The van der Waals surface area contributed by atoms with Gasteiger partial charge in [-0.05, 0) is 42.7 Å². The fourth-order valence-electron chi connectivity index (χ4n) is 2.89. The summed E-state index contributed by atoms with van der Waals surface area (Å²) in [6, 6.07) is 10.4. The van der Waals surface area contributed by atoms with E-state index < -0.39 is 5.54 Å². The molecule has 2 nitrogen and oxygen atoms in total. The first-order valence-corrected chi connectivity index (χ1v) is 7.33. The van der Waals surface area contributed by atoms with E-state index in [0.29, 0.717) is 23.6 Å². The van der Waals surface area contributed by atoms with E-state index in [1.54, 1.807) is 18.2 Å². The molecule has 0 saturated carbocycles. The third-order valence-electron chi connectivity index (χ3n) is 3.87. The minimum atomic E-state index is -0.824. The van der Waals surface area contributed by atoms with Gasteiger partial charge in [0, 0.05) is 22.5 Å². The SMILES string of the molecule is CC(N)(Cc1cc(Cl)cc2c1OCC2)c1ccccc1F. The summed E-state index contributed by atoms with van der Waals surface area (Å²) in [5.74, 6) is 0.564. The van der Waals surface area contributed by atoms with Crippen molar-refractivity contribution < 1.29 is 9.13 Å². The molecule has 0 aromatic heterocycles. The Morgan fingerprint density at radius 1 is 1.33 bits per heavy atom. The Bertz CT molecular complexity index is 684. The number of nitrogens with two attached hydrogens (primary N) is 1. The highest BCUT2D eigenvalue weighted by molar-refractivity contribution is 6.30. The lowest BCUT2D eigenvalue weighted by Crippen LogP contribution is -2.36. The van der Waals surface area contributed by atoms with Gasteiger partial charge in [0.05, 0.1) is 6.61 Å². The lowest BCUT2D eigenvalue weighted by Gasteiger charge is -2.26. The van der Waals surface area contributed by atoms with E-state index in [4.69, 9.17) is 22.1 Å². The van der Waals surface area contributed by atoms with E-state index in [-0.39, 0.29) is 5.82 Å². The topological polar surface area (TPSA) is 35.2 Å². The lowest BCUT2D eigenvalue weighted by atomic mass is 9.85. The van der Waals surface area contributed by atoms with E-state index in [2.05, 4.69) is 0 Å². The van der Waals surface area contributed by atoms with Gasteiger partial charge in [-0.1, -0.05) is 29.8 Å². The molecule has 1 aliphatic heterocycles. The zero-order valence-corrected chi connectivity index (χ0v) is 12.6. The number of hydrogen-bond acceptors (Lipinski definition) is 2. The number of fused-ring (bicyclic) bond motifs is 1. The minimum absolute atomic E-state index is 0.290. The van der Waals surface area contributed by atoms with E-state index in [1.165, 1.54) is 6.07 Å². The van der Waals surface area contributed by atoms with E-state index in [0.717, 1.165) is 23.3 Å². The maximum absolute atomic E-state index is 14.0. The predicted octanol–water partition coefficient (Wildman–Crippen LogP) is 3.83. The molecule has 2 aromatic carbocycles. The molecule has 2 N–H and O–H groups in total. The van der Waals surface area contributed by atoms with Gasteiger partial charge in [0.15, 0.2) is 0 Å². The second-order valence-corrected chi connectivity index (χ2v) is 6.16. The van der Waals surface area contributed by atoms with Crippen molar-refractivity contribution >= 4 is 11.6 Å². The summed E-state index contributed by atoms with van der Waals surface area (Å²) in [7, 11) is 0. The van der Waals surface area contributed by atoms with Crippen LogP contribution in [0.2, 0.25) is 5.02 Å². The van der Waals surface area contributed by atoms with Crippen molar-refractivity contribution in [3.8, 4) is 5.75 Å². The van der Waals surface area contributed by atoms with Gasteiger partial charge in [-0.3, -0.25) is 0 Å². The molecule has 0 saturated heterocycles. The van der Waals surface area contributed by atoms with Gasteiger partial charge < -0.3 is 10.5 Å². The Labute approximate surface area is 128 Å². The summed E-state index contributed by atoms with van der Waals surface area (Å²) in [4.78, 5) is 0. The van der Waals surface area contributed by atoms with Crippen LogP contribution in [0.1, 0.15) is 23.6 Å². The third-order valence-corrected chi connectivity index (χ3v) is 4.09. The molecule has 1 aliphatic rings. The normalized spacial score (nSPS) is 16.2. The fourth-order valence-corrected chi connectivity index (χ4v) is 3.16. The van der Waals surface area contributed by atoms with Crippen molar-refractivity contribution in [2.75, 3.05) is 6.61 Å². The first kappa shape index (κ1) is 14.4. The molecule has 0 spiro atoms. The van der Waals surface area contributed by atoms with Crippen LogP contribution in [0.5, 0.6) is 5.75 Å². The van der Waals surface area contributed by atoms with Gasteiger partial charge >= 0.3 is 0 Å². The van der Waals surface area contributed by atoms with Crippen LogP contribution < -0.4 is 10.5 Å². The average molecular weight is 306 g/mol. The standard InChI is InChI=1S/C17H17ClFNO/c1-17(20,14-4-2-3-5-15(14)19)10-12-9-13(18)8-11-6-7-21-16(11)12/h2-5,8-9H,6-7,10,20H2,1H3. The molecule has 4 heteroatoms. The van der Waals surface area contributed by atoms with Crippen LogP contribution in [0.3, 0.4) is 0 Å². The first-order valence-electron chi connectivity index (χ1n) is 6.95. The molecule has 3 rings (SSSR count). The van der Waals surface area contributed by atoms with Gasteiger partial charge in [0.1, 0.15) is 11.6 Å². The molecule has 1 atom stereocenters.